The Morgan fingerprint density at radius 3 is 2.74 bits per heavy atom. The summed E-state index contributed by atoms with van der Waals surface area (Å²) in [5.41, 5.74) is 3.83. The highest BCUT2D eigenvalue weighted by molar-refractivity contribution is 6.04. The van der Waals surface area contributed by atoms with Gasteiger partial charge in [-0.05, 0) is 55.2 Å². The Labute approximate surface area is 183 Å². The van der Waals surface area contributed by atoms with Gasteiger partial charge in [0.1, 0.15) is 6.04 Å². The molecule has 0 fully saturated rings. The van der Waals surface area contributed by atoms with Crippen molar-refractivity contribution >= 4 is 23.2 Å². The number of nitrogens with one attached hydrogen (secondary N) is 2. The largest absolute Gasteiger partial charge is 0.394 e. The Morgan fingerprint density at radius 1 is 1.29 bits per heavy atom. The van der Waals surface area contributed by atoms with E-state index >= 15 is 0 Å². The first-order valence-corrected chi connectivity index (χ1v) is 10.4. The molecule has 2 aromatic rings. The number of hydrogen-bond acceptors (Lipinski definition) is 4. The number of carbonyl (C=O) groups is 2. The van der Waals surface area contributed by atoms with Crippen LogP contribution in [0.3, 0.4) is 0 Å². The second-order valence-electron chi connectivity index (χ2n) is 8.15. The van der Waals surface area contributed by atoms with Gasteiger partial charge in [-0.3, -0.25) is 9.59 Å². The maximum Gasteiger partial charge on any atom is 0.255 e. The third-order valence-electron chi connectivity index (χ3n) is 5.47. The number of fused-ring (bicyclic) bond motifs is 1. The van der Waals surface area contributed by atoms with Crippen molar-refractivity contribution in [3.8, 4) is 11.8 Å². The quantitative estimate of drug-likeness (QED) is 0.666. The second-order valence-corrected chi connectivity index (χ2v) is 8.15. The Bertz CT molecular complexity index is 1040. The standard InChI is InChI=1S/C25H29N3O3/c1-5-7-17-8-6-9-19(12-17)24(30)26-20-11-10-18-13-21(15-29)27-25(31)23(16(2)3)28(4)22(18)14-20/h6,8-12,14,16,21,23,29H,13,15H2,1-4H3,(H,26,30)(H,27,31). The van der Waals surface area contributed by atoms with Crippen LogP contribution in [0.4, 0.5) is 11.4 Å². The van der Waals surface area contributed by atoms with Gasteiger partial charge in [0.2, 0.25) is 5.91 Å². The van der Waals surface area contributed by atoms with Crippen LogP contribution in [0.2, 0.25) is 0 Å². The fourth-order valence-electron chi connectivity index (χ4n) is 4.02. The lowest BCUT2D eigenvalue weighted by Gasteiger charge is -2.37. The number of aliphatic hydroxyl groups is 1. The lowest BCUT2D eigenvalue weighted by molar-refractivity contribution is -0.124. The molecule has 2 atom stereocenters. The number of aliphatic hydroxyl groups excluding tert-OH is 1. The molecule has 0 spiro atoms. The molecule has 0 saturated carbocycles. The number of likely N-dealkylation sites (N-methyl/N-ethyl adjacent to an activating group) is 1. The highest BCUT2D eigenvalue weighted by atomic mass is 16.3. The molecule has 0 bridgehead atoms. The van der Waals surface area contributed by atoms with Crippen LogP contribution < -0.4 is 15.5 Å². The van der Waals surface area contributed by atoms with Crippen molar-refractivity contribution in [2.45, 2.75) is 39.3 Å². The lowest BCUT2D eigenvalue weighted by atomic mass is 9.95. The summed E-state index contributed by atoms with van der Waals surface area (Å²) in [6, 6.07) is 12.1. The molecule has 31 heavy (non-hydrogen) atoms. The van der Waals surface area contributed by atoms with E-state index in [9.17, 15) is 14.7 Å². The molecule has 6 nitrogen and oxygen atoms in total. The summed E-state index contributed by atoms with van der Waals surface area (Å²) in [5.74, 6) is 5.53. The Hall–Kier alpha value is -3.30. The molecule has 0 aromatic heterocycles. The SMILES string of the molecule is CC#Cc1cccc(C(=O)Nc2ccc3c(c2)N(C)C(C(C)C)C(=O)NC(CO)C3)c1. The molecule has 3 N–H and O–H groups in total. The van der Waals surface area contributed by atoms with Crippen molar-refractivity contribution in [1.82, 2.24) is 5.32 Å². The van der Waals surface area contributed by atoms with Crippen LogP contribution in [0.25, 0.3) is 0 Å². The molecule has 162 valence electrons. The zero-order valence-electron chi connectivity index (χ0n) is 18.4. The van der Waals surface area contributed by atoms with E-state index in [1.165, 1.54) is 0 Å². The molecular weight excluding hydrogens is 390 g/mol. The van der Waals surface area contributed by atoms with Gasteiger partial charge in [0.05, 0.1) is 12.6 Å². The third-order valence-corrected chi connectivity index (χ3v) is 5.47. The summed E-state index contributed by atoms with van der Waals surface area (Å²) < 4.78 is 0. The molecule has 2 aromatic carbocycles. The van der Waals surface area contributed by atoms with Gasteiger partial charge in [-0.2, -0.15) is 0 Å². The number of hydrogen-bond donors (Lipinski definition) is 3. The van der Waals surface area contributed by atoms with E-state index in [1.807, 2.05) is 56.1 Å². The maximum atomic E-state index is 12.8. The van der Waals surface area contributed by atoms with Crippen LogP contribution in [0.5, 0.6) is 0 Å². The first-order valence-electron chi connectivity index (χ1n) is 10.4. The summed E-state index contributed by atoms with van der Waals surface area (Å²) in [4.78, 5) is 27.5. The minimum atomic E-state index is -0.386. The average molecular weight is 420 g/mol. The van der Waals surface area contributed by atoms with Crippen LogP contribution in [0, 0.1) is 17.8 Å². The number of carbonyl (C=O) groups excluding carboxylic acids is 2. The highest BCUT2D eigenvalue weighted by Gasteiger charge is 2.32. The van der Waals surface area contributed by atoms with E-state index in [0.29, 0.717) is 17.7 Å². The van der Waals surface area contributed by atoms with Gasteiger partial charge in [-0.1, -0.05) is 31.9 Å². The van der Waals surface area contributed by atoms with Crippen LogP contribution in [-0.4, -0.2) is 42.7 Å². The second kappa shape index (κ2) is 9.67. The number of rotatable bonds is 4. The molecule has 0 radical (unpaired) electrons. The van der Waals surface area contributed by atoms with Crippen LogP contribution in [0.15, 0.2) is 42.5 Å². The van der Waals surface area contributed by atoms with Gasteiger partial charge >= 0.3 is 0 Å². The zero-order chi connectivity index (χ0) is 22.5. The van der Waals surface area contributed by atoms with Crippen molar-refractivity contribution in [1.29, 1.82) is 0 Å². The van der Waals surface area contributed by atoms with E-state index in [-0.39, 0.29) is 36.4 Å². The van der Waals surface area contributed by atoms with Gasteiger partial charge in [0.15, 0.2) is 0 Å². The average Bonchev–Trinajstić information content (AvgIpc) is 2.73. The minimum absolute atomic E-state index is 0.0657. The van der Waals surface area contributed by atoms with Gasteiger partial charge < -0.3 is 20.6 Å². The Morgan fingerprint density at radius 2 is 2.06 bits per heavy atom. The summed E-state index contributed by atoms with van der Waals surface area (Å²) >= 11 is 0. The van der Waals surface area contributed by atoms with Gasteiger partial charge in [-0.25, -0.2) is 0 Å². The predicted octanol–water partition coefficient (Wildman–Crippen LogP) is 2.80. The van der Waals surface area contributed by atoms with Crippen molar-refractivity contribution in [2.24, 2.45) is 5.92 Å². The van der Waals surface area contributed by atoms with Crippen molar-refractivity contribution in [3.05, 3.63) is 59.2 Å². The van der Waals surface area contributed by atoms with E-state index in [4.69, 9.17) is 0 Å². The molecule has 3 rings (SSSR count). The fourth-order valence-corrected chi connectivity index (χ4v) is 4.02. The Balaban J connectivity index is 1.93. The normalized spacial score (nSPS) is 18.3. The molecule has 0 saturated heterocycles. The zero-order valence-corrected chi connectivity index (χ0v) is 18.4. The van der Waals surface area contributed by atoms with Gasteiger partial charge in [0, 0.05) is 29.5 Å². The fraction of sp³-hybridized carbons (Fsp3) is 0.360. The molecule has 1 heterocycles. The summed E-state index contributed by atoms with van der Waals surface area (Å²) in [5, 5.41) is 15.6. The van der Waals surface area contributed by atoms with E-state index in [0.717, 1.165) is 16.8 Å². The van der Waals surface area contributed by atoms with Crippen molar-refractivity contribution in [3.63, 3.8) is 0 Å². The summed E-state index contributed by atoms with van der Waals surface area (Å²) in [6.07, 6.45) is 0.513. The van der Waals surface area contributed by atoms with Gasteiger partial charge in [-0.15, -0.1) is 5.92 Å². The van der Waals surface area contributed by atoms with Crippen LogP contribution in [-0.2, 0) is 11.2 Å². The van der Waals surface area contributed by atoms with Gasteiger partial charge in [0.25, 0.3) is 5.91 Å². The first-order chi connectivity index (χ1) is 14.8. The maximum absolute atomic E-state index is 12.8. The Kier molecular flexibility index (Phi) is 6.98. The number of benzene rings is 2. The van der Waals surface area contributed by atoms with Crippen molar-refractivity contribution < 1.29 is 14.7 Å². The van der Waals surface area contributed by atoms with E-state index in [1.54, 1.807) is 19.1 Å². The smallest absolute Gasteiger partial charge is 0.255 e. The van der Waals surface area contributed by atoms with Crippen molar-refractivity contribution in [2.75, 3.05) is 23.9 Å². The number of amides is 2. The topological polar surface area (TPSA) is 81.7 Å². The molecule has 0 aliphatic carbocycles. The van der Waals surface area contributed by atoms with E-state index < -0.39 is 0 Å². The van der Waals surface area contributed by atoms with Crippen LogP contribution >= 0.6 is 0 Å². The molecule has 2 unspecified atom stereocenters. The van der Waals surface area contributed by atoms with Crippen LogP contribution in [0.1, 0.15) is 42.3 Å². The van der Waals surface area contributed by atoms with E-state index in [2.05, 4.69) is 22.5 Å². The number of anilines is 2. The molecule has 2 amide bonds. The molecule has 6 heteroatoms. The monoisotopic (exact) mass is 419 g/mol. The molecule has 1 aliphatic rings. The molecular formula is C25H29N3O3. The number of nitrogens with zero attached hydrogens (tertiary/aromatic N) is 1. The first kappa shape index (κ1) is 22.4. The molecule has 1 aliphatic heterocycles. The third kappa shape index (κ3) is 5.07. The minimum Gasteiger partial charge on any atom is -0.394 e. The predicted molar refractivity (Wildman–Crippen MR) is 123 cm³/mol. The highest BCUT2D eigenvalue weighted by Crippen LogP contribution is 2.30. The lowest BCUT2D eigenvalue weighted by Crippen LogP contribution is -2.54. The summed E-state index contributed by atoms with van der Waals surface area (Å²) in [7, 11) is 1.89. The summed E-state index contributed by atoms with van der Waals surface area (Å²) in [6.45, 7) is 5.62.